The van der Waals surface area contributed by atoms with Crippen molar-refractivity contribution in [1.82, 2.24) is 19.7 Å². The number of aryl methyl sites for hydroxylation is 4. The number of rotatable bonds is 2. The molecule has 0 amide bonds. The first-order valence-corrected chi connectivity index (χ1v) is 8.71. The lowest BCUT2D eigenvalue weighted by Gasteiger charge is -2.13. The zero-order chi connectivity index (χ0) is 16.8. The maximum Gasteiger partial charge on any atom is 0.165 e. The fourth-order valence-electron chi connectivity index (χ4n) is 3.34. The zero-order valence-electron chi connectivity index (χ0n) is 14.2. The van der Waals surface area contributed by atoms with Crippen LogP contribution < -0.4 is 0 Å². The summed E-state index contributed by atoms with van der Waals surface area (Å²) in [6.45, 7) is 8.39. The molecule has 0 unspecified atom stereocenters. The highest BCUT2D eigenvalue weighted by Gasteiger charge is 2.17. The van der Waals surface area contributed by atoms with E-state index in [4.69, 9.17) is 4.98 Å². The molecule has 0 spiro atoms. The van der Waals surface area contributed by atoms with Gasteiger partial charge < -0.3 is 0 Å². The minimum absolute atomic E-state index is 0.834. The van der Waals surface area contributed by atoms with Gasteiger partial charge in [0.2, 0.25) is 0 Å². The van der Waals surface area contributed by atoms with Crippen LogP contribution in [-0.2, 0) is 0 Å². The quantitative estimate of drug-likeness (QED) is 0.530. The van der Waals surface area contributed by atoms with Crippen molar-refractivity contribution in [2.24, 2.45) is 0 Å². The van der Waals surface area contributed by atoms with Crippen LogP contribution in [0.1, 0.15) is 21.7 Å². The van der Waals surface area contributed by atoms with Gasteiger partial charge >= 0.3 is 0 Å². The Morgan fingerprint density at radius 1 is 1.00 bits per heavy atom. The smallest absolute Gasteiger partial charge is 0.165 e. The normalized spacial score (nSPS) is 11.3. The van der Waals surface area contributed by atoms with Crippen LogP contribution in [0.3, 0.4) is 0 Å². The predicted molar refractivity (Wildman–Crippen MR) is 98.9 cm³/mol. The molecule has 2 heterocycles. The highest BCUT2D eigenvalue weighted by atomic mass is 32.1. The Hall–Kier alpha value is -2.53. The first-order valence-electron chi connectivity index (χ1n) is 7.89. The molecule has 0 aliphatic carbocycles. The molecule has 0 atom stereocenters. The molecule has 120 valence electrons. The van der Waals surface area contributed by atoms with Gasteiger partial charge in [-0.05, 0) is 51.0 Å². The SMILES string of the molecule is Cc1cc(C)c(-n2ncnc2-c2cccc3sc(C)nc23)c(C)c1. The molecule has 0 radical (unpaired) electrons. The summed E-state index contributed by atoms with van der Waals surface area (Å²) in [6, 6.07) is 10.6. The maximum absolute atomic E-state index is 4.70. The molecule has 0 saturated heterocycles. The van der Waals surface area contributed by atoms with E-state index in [2.05, 4.69) is 61.2 Å². The average molecular weight is 334 g/mol. The predicted octanol–water partition coefficient (Wildman–Crippen LogP) is 4.78. The molecule has 2 aromatic heterocycles. The van der Waals surface area contributed by atoms with Crippen molar-refractivity contribution in [3.63, 3.8) is 0 Å². The van der Waals surface area contributed by atoms with Crippen LogP contribution in [0.25, 0.3) is 27.3 Å². The summed E-state index contributed by atoms with van der Waals surface area (Å²) in [6.07, 6.45) is 1.62. The second-order valence-electron chi connectivity index (χ2n) is 6.13. The van der Waals surface area contributed by atoms with Gasteiger partial charge in [0.25, 0.3) is 0 Å². The third-order valence-corrected chi connectivity index (χ3v) is 5.10. The van der Waals surface area contributed by atoms with Crippen molar-refractivity contribution in [2.45, 2.75) is 27.7 Å². The maximum atomic E-state index is 4.70. The van der Waals surface area contributed by atoms with E-state index in [1.807, 2.05) is 11.6 Å². The lowest BCUT2D eigenvalue weighted by molar-refractivity contribution is 0.870. The Morgan fingerprint density at radius 3 is 2.50 bits per heavy atom. The molecule has 0 bridgehead atoms. The molecule has 5 heteroatoms. The van der Waals surface area contributed by atoms with Gasteiger partial charge in [0.05, 0.1) is 20.9 Å². The van der Waals surface area contributed by atoms with Gasteiger partial charge in [-0.1, -0.05) is 23.8 Å². The average Bonchev–Trinajstić information content (AvgIpc) is 3.11. The Kier molecular flexibility index (Phi) is 3.46. The molecule has 4 nitrogen and oxygen atoms in total. The zero-order valence-corrected chi connectivity index (χ0v) is 15.0. The third kappa shape index (κ3) is 2.32. The van der Waals surface area contributed by atoms with Gasteiger partial charge in [0.15, 0.2) is 5.82 Å². The highest BCUT2D eigenvalue weighted by Crippen LogP contribution is 2.32. The lowest BCUT2D eigenvalue weighted by Crippen LogP contribution is -2.05. The van der Waals surface area contributed by atoms with Crippen molar-refractivity contribution in [3.8, 4) is 17.1 Å². The summed E-state index contributed by atoms with van der Waals surface area (Å²) in [4.78, 5) is 9.24. The van der Waals surface area contributed by atoms with Crippen molar-refractivity contribution in [2.75, 3.05) is 0 Å². The topological polar surface area (TPSA) is 43.6 Å². The third-order valence-electron chi connectivity index (χ3n) is 4.16. The van der Waals surface area contributed by atoms with E-state index in [1.54, 1.807) is 17.7 Å². The van der Waals surface area contributed by atoms with Gasteiger partial charge in [0, 0.05) is 5.56 Å². The fraction of sp³-hybridized carbons (Fsp3) is 0.211. The van der Waals surface area contributed by atoms with Gasteiger partial charge in [-0.25, -0.2) is 14.6 Å². The summed E-state index contributed by atoms with van der Waals surface area (Å²) in [7, 11) is 0. The Balaban J connectivity index is 1.99. The van der Waals surface area contributed by atoms with Gasteiger partial charge in [-0.15, -0.1) is 11.3 Å². The molecule has 0 fully saturated rings. The van der Waals surface area contributed by atoms with Gasteiger partial charge in [0.1, 0.15) is 6.33 Å². The number of benzene rings is 2. The van der Waals surface area contributed by atoms with Crippen LogP contribution in [0.5, 0.6) is 0 Å². The summed E-state index contributed by atoms with van der Waals surface area (Å²) >= 11 is 1.70. The van der Waals surface area contributed by atoms with Crippen LogP contribution in [0.15, 0.2) is 36.7 Å². The Bertz CT molecular complexity index is 1040. The van der Waals surface area contributed by atoms with Gasteiger partial charge in [-0.3, -0.25) is 0 Å². The van der Waals surface area contributed by atoms with Crippen LogP contribution in [-0.4, -0.2) is 19.7 Å². The molecule has 0 aliphatic rings. The molecule has 0 N–H and O–H groups in total. The second-order valence-corrected chi connectivity index (χ2v) is 7.36. The lowest BCUT2D eigenvalue weighted by atomic mass is 10.0. The second kappa shape index (κ2) is 5.53. The molecule has 0 aliphatic heterocycles. The molecule has 2 aromatic carbocycles. The van der Waals surface area contributed by atoms with Crippen molar-refractivity contribution in [3.05, 3.63) is 58.4 Å². The summed E-state index contributed by atoms with van der Waals surface area (Å²) in [5.74, 6) is 0.834. The number of para-hydroxylation sites is 1. The van der Waals surface area contributed by atoms with E-state index in [1.165, 1.54) is 21.4 Å². The van der Waals surface area contributed by atoms with Gasteiger partial charge in [-0.2, -0.15) is 5.10 Å². The molecular weight excluding hydrogens is 316 g/mol. The van der Waals surface area contributed by atoms with E-state index in [0.717, 1.165) is 27.6 Å². The summed E-state index contributed by atoms with van der Waals surface area (Å²) in [5.41, 5.74) is 6.76. The summed E-state index contributed by atoms with van der Waals surface area (Å²) in [5, 5.41) is 5.57. The first-order chi connectivity index (χ1) is 11.5. The Morgan fingerprint density at radius 2 is 1.75 bits per heavy atom. The largest absolute Gasteiger partial charge is 0.241 e. The van der Waals surface area contributed by atoms with Crippen LogP contribution in [0.4, 0.5) is 0 Å². The fourth-order valence-corrected chi connectivity index (χ4v) is 4.19. The van der Waals surface area contributed by atoms with E-state index < -0.39 is 0 Å². The van der Waals surface area contributed by atoms with Crippen molar-refractivity contribution < 1.29 is 0 Å². The minimum Gasteiger partial charge on any atom is -0.241 e. The monoisotopic (exact) mass is 334 g/mol. The van der Waals surface area contributed by atoms with Crippen molar-refractivity contribution >= 4 is 21.6 Å². The molecule has 0 saturated carbocycles. The molecular formula is C19H18N4S. The Labute approximate surface area is 144 Å². The van der Waals surface area contributed by atoms with Crippen LogP contribution in [0.2, 0.25) is 0 Å². The van der Waals surface area contributed by atoms with Crippen LogP contribution >= 0.6 is 11.3 Å². The van der Waals surface area contributed by atoms with E-state index >= 15 is 0 Å². The first kappa shape index (κ1) is 15.0. The van der Waals surface area contributed by atoms with E-state index in [0.29, 0.717) is 0 Å². The van der Waals surface area contributed by atoms with E-state index in [9.17, 15) is 0 Å². The number of aromatic nitrogens is 4. The number of nitrogens with zero attached hydrogens (tertiary/aromatic N) is 4. The standard InChI is InChI=1S/C19H18N4S/c1-11-8-12(2)18(13(3)9-11)23-19(20-10-21-23)15-6-5-7-16-17(15)22-14(4)24-16/h5-10H,1-4H3. The number of fused-ring (bicyclic) bond motifs is 1. The molecule has 4 aromatic rings. The summed E-state index contributed by atoms with van der Waals surface area (Å²) < 4.78 is 3.12. The number of thiazole rings is 1. The molecule has 4 rings (SSSR count). The van der Waals surface area contributed by atoms with Crippen LogP contribution in [0, 0.1) is 27.7 Å². The number of hydrogen-bond donors (Lipinski definition) is 0. The van der Waals surface area contributed by atoms with E-state index in [-0.39, 0.29) is 0 Å². The van der Waals surface area contributed by atoms with Crippen molar-refractivity contribution in [1.29, 1.82) is 0 Å². The highest BCUT2D eigenvalue weighted by molar-refractivity contribution is 7.18. The number of hydrogen-bond acceptors (Lipinski definition) is 4. The minimum atomic E-state index is 0.834. The molecule has 24 heavy (non-hydrogen) atoms.